The Morgan fingerprint density at radius 2 is 1.57 bits per heavy atom. The predicted octanol–water partition coefficient (Wildman–Crippen LogP) is 4.94. The Labute approximate surface area is 238 Å². The van der Waals surface area contributed by atoms with E-state index in [4.69, 9.17) is 11.6 Å². The third-order valence-electron chi connectivity index (χ3n) is 5.94. The van der Waals surface area contributed by atoms with Crippen molar-refractivity contribution in [2.45, 2.75) is 45.3 Å². The summed E-state index contributed by atoms with van der Waals surface area (Å²) >= 11 is 6.41. The van der Waals surface area contributed by atoms with Crippen LogP contribution in [0.1, 0.15) is 31.9 Å². The molecule has 0 radical (unpaired) electrons. The maximum atomic E-state index is 14.0. The Kier molecular flexibility index (Phi) is 9.92. The molecule has 0 fully saturated rings. The van der Waals surface area contributed by atoms with Gasteiger partial charge in [0.1, 0.15) is 12.6 Å². The van der Waals surface area contributed by atoms with Crippen molar-refractivity contribution in [3.63, 3.8) is 0 Å². The molecular weight excluding hydrogens is 560 g/mol. The molecule has 3 aromatic rings. The highest BCUT2D eigenvalue weighted by Gasteiger charge is 2.34. The number of benzene rings is 3. The molecule has 0 unspecified atom stereocenters. The first-order chi connectivity index (χ1) is 18.7. The first-order valence-corrected chi connectivity index (χ1v) is 14.7. The van der Waals surface area contributed by atoms with Crippen LogP contribution in [0.5, 0.6) is 0 Å². The number of carbonyl (C=O) groups is 2. The second-order valence-corrected chi connectivity index (χ2v) is 12.7. The summed E-state index contributed by atoms with van der Waals surface area (Å²) in [6.45, 7) is 4.54. The molecule has 0 aliphatic rings. The molecule has 0 spiro atoms. The molecule has 0 bridgehead atoms. The van der Waals surface area contributed by atoms with E-state index >= 15 is 0 Å². The summed E-state index contributed by atoms with van der Waals surface area (Å²) in [5, 5.41) is 3.27. The fourth-order valence-corrected chi connectivity index (χ4v) is 5.11. The maximum Gasteiger partial charge on any atom is 0.244 e. The van der Waals surface area contributed by atoms with Crippen LogP contribution in [0.25, 0.3) is 0 Å². The van der Waals surface area contributed by atoms with Gasteiger partial charge in [-0.1, -0.05) is 60.1 Å². The molecule has 40 heavy (non-hydrogen) atoms. The zero-order valence-electron chi connectivity index (χ0n) is 22.7. The summed E-state index contributed by atoms with van der Waals surface area (Å²) in [7, 11) is -4.12. The molecular formula is C29H32ClF2N3O4S. The number of carbonyl (C=O) groups excluding carboxylic acids is 2. The quantitative estimate of drug-likeness (QED) is 0.362. The number of halogens is 3. The second-order valence-electron chi connectivity index (χ2n) is 10.4. The van der Waals surface area contributed by atoms with E-state index in [0.717, 1.165) is 24.0 Å². The molecule has 0 aromatic heterocycles. The Morgan fingerprint density at radius 3 is 2.15 bits per heavy atom. The Balaban J connectivity index is 2.10. The van der Waals surface area contributed by atoms with Gasteiger partial charge in [0.2, 0.25) is 21.8 Å². The number of nitrogens with one attached hydrogen (secondary N) is 1. The Bertz CT molecular complexity index is 1460. The highest BCUT2D eigenvalue weighted by atomic mass is 35.5. The van der Waals surface area contributed by atoms with Crippen LogP contribution in [0.4, 0.5) is 14.5 Å². The number of rotatable bonds is 10. The average Bonchev–Trinajstić information content (AvgIpc) is 2.86. The number of amides is 2. The second kappa shape index (κ2) is 12.8. The Hall–Kier alpha value is -3.50. The van der Waals surface area contributed by atoms with Crippen LogP contribution >= 0.6 is 11.6 Å². The van der Waals surface area contributed by atoms with Crippen molar-refractivity contribution >= 4 is 39.1 Å². The molecule has 3 rings (SSSR count). The monoisotopic (exact) mass is 591 g/mol. The molecule has 1 N–H and O–H groups in total. The molecule has 214 valence electrons. The molecule has 0 saturated heterocycles. The standard InChI is InChI=1S/C29H32ClF2N3O4S/c1-29(2,3)33-28(37)26(16-20-10-6-5-7-11-20)34(18-21-12-8-9-13-23(21)30)27(36)19-35(40(4,38)39)22-14-15-24(31)25(32)17-22/h5-15,17,26H,16,18-19H2,1-4H3,(H,33,37)/t26-/m1/s1. The van der Waals surface area contributed by atoms with Crippen molar-refractivity contribution in [2.75, 3.05) is 17.1 Å². The largest absolute Gasteiger partial charge is 0.350 e. The highest BCUT2D eigenvalue weighted by molar-refractivity contribution is 7.92. The number of sulfonamides is 1. The summed E-state index contributed by atoms with van der Waals surface area (Å²) in [5.74, 6) is -3.61. The summed E-state index contributed by atoms with van der Waals surface area (Å²) in [6, 6.07) is 17.4. The van der Waals surface area contributed by atoms with E-state index < -0.39 is 51.6 Å². The number of nitrogens with zero attached hydrogens (tertiary/aromatic N) is 2. The van der Waals surface area contributed by atoms with Gasteiger partial charge >= 0.3 is 0 Å². The average molecular weight is 592 g/mol. The SMILES string of the molecule is CC(C)(C)NC(=O)[C@@H](Cc1ccccc1)N(Cc1ccccc1Cl)C(=O)CN(c1ccc(F)c(F)c1)S(C)(=O)=O. The molecule has 0 saturated carbocycles. The first kappa shape index (κ1) is 31.0. The van der Waals surface area contributed by atoms with Gasteiger partial charge in [-0.15, -0.1) is 0 Å². The van der Waals surface area contributed by atoms with Gasteiger partial charge in [0.25, 0.3) is 0 Å². The van der Waals surface area contributed by atoms with E-state index in [1.165, 1.54) is 4.90 Å². The van der Waals surface area contributed by atoms with E-state index in [2.05, 4.69) is 5.32 Å². The van der Waals surface area contributed by atoms with Crippen molar-refractivity contribution in [3.8, 4) is 0 Å². The van der Waals surface area contributed by atoms with Crippen molar-refractivity contribution in [2.24, 2.45) is 0 Å². The fraction of sp³-hybridized carbons (Fsp3) is 0.310. The van der Waals surface area contributed by atoms with Crippen LogP contribution in [-0.2, 0) is 32.6 Å². The molecule has 11 heteroatoms. The Morgan fingerprint density at radius 1 is 0.950 bits per heavy atom. The van der Waals surface area contributed by atoms with Gasteiger partial charge in [-0.05, 0) is 50.1 Å². The van der Waals surface area contributed by atoms with E-state index in [9.17, 15) is 26.8 Å². The first-order valence-electron chi connectivity index (χ1n) is 12.5. The lowest BCUT2D eigenvalue weighted by Crippen LogP contribution is -2.56. The van der Waals surface area contributed by atoms with Crippen molar-refractivity contribution < 1.29 is 26.8 Å². The lowest BCUT2D eigenvalue weighted by Gasteiger charge is -2.35. The molecule has 2 amide bonds. The van der Waals surface area contributed by atoms with Crippen molar-refractivity contribution in [3.05, 3.63) is 101 Å². The zero-order chi connectivity index (χ0) is 29.7. The molecule has 3 aromatic carbocycles. The molecule has 0 aliphatic heterocycles. The maximum absolute atomic E-state index is 14.0. The normalized spacial score (nSPS) is 12.5. The zero-order valence-corrected chi connectivity index (χ0v) is 24.3. The fourth-order valence-electron chi connectivity index (χ4n) is 4.07. The topological polar surface area (TPSA) is 86.8 Å². The minimum Gasteiger partial charge on any atom is -0.350 e. The third-order valence-corrected chi connectivity index (χ3v) is 7.45. The minimum absolute atomic E-state index is 0.108. The van der Waals surface area contributed by atoms with E-state index in [1.54, 1.807) is 45.0 Å². The smallest absolute Gasteiger partial charge is 0.244 e. The van der Waals surface area contributed by atoms with Gasteiger partial charge in [-0.2, -0.15) is 0 Å². The summed E-state index contributed by atoms with van der Waals surface area (Å²) in [5.41, 5.74) is 0.452. The molecule has 1 atom stereocenters. The van der Waals surface area contributed by atoms with Crippen LogP contribution in [0.2, 0.25) is 5.02 Å². The van der Waals surface area contributed by atoms with Crippen LogP contribution in [-0.4, -0.2) is 49.5 Å². The van der Waals surface area contributed by atoms with E-state index in [0.29, 0.717) is 21.0 Å². The number of hydrogen-bond acceptors (Lipinski definition) is 4. The van der Waals surface area contributed by atoms with Crippen molar-refractivity contribution in [1.82, 2.24) is 10.2 Å². The predicted molar refractivity (Wildman–Crippen MR) is 152 cm³/mol. The van der Waals surface area contributed by atoms with Crippen LogP contribution in [0, 0.1) is 11.6 Å². The summed E-state index contributed by atoms with van der Waals surface area (Å²) in [6.07, 6.45) is 0.983. The number of anilines is 1. The van der Waals surface area contributed by atoms with Gasteiger partial charge in [0, 0.05) is 29.6 Å². The summed E-state index contributed by atoms with van der Waals surface area (Å²) in [4.78, 5) is 28.9. The van der Waals surface area contributed by atoms with Crippen LogP contribution in [0.3, 0.4) is 0 Å². The third kappa shape index (κ3) is 8.50. The minimum atomic E-state index is -4.12. The molecule has 0 aliphatic carbocycles. The van der Waals surface area contributed by atoms with Gasteiger partial charge < -0.3 is 10.2 Å². The van der Waals surface area contributed by atoms with Crippen LogP contribution < -0.4 is 9.62 Å². The van der Waals surface area contributed by atoms with E-state index in [1.807, 2.05) is 30.3 Å². The molecule has 7 nitrogen and oxygen atoms in total. The lowest BCUT2D eigenvalue weighted by molar-refractivity contribution is -0.140. The highest BCUT2D eigenvalue weighted by Crippen LogP contribution is 2.24. The van der Waals surface area contributed by atoms with Gasteiger partial charge in [0.15, 0.2) is 11.6 Å². The van der Waals surface area contributed by atoms with Gasteiger partial charge in [0.05, 0.1) is 11.9 Å². The van der Waals surface area contributed by atoms with Gasteiger partial charge in [-0.25, -0.2) is 17.2 Å². The van der Waals surface area contributed by atoms with Crippen molar-refractivity contribution in [1.29, 1.82) is 0 Å². The lowest BCUT2D eigenvalue weighted by atomic mass is 10.0. The summed E-state index contributed by atoms with van der Waals surface area (Å²) < 4.78 is 53.7. The van der Waals surface area contributed by atoms with E-state index in [-0.39, 0.29) is 18.7 Å². The number of hydrogen-bond donors (Lipinski definition) is 1. The van der Waals surface area contributed by atoms with Crippen LogP contribution in [0.15, 0.2) is 72.8 Å². The molecule has 0 heterocycles. The van der Waals surface area contributed by atoms with Gasteiger partial charge in [-0.3, -0.25) is 13.9 Å².